The molecular weight excluding hydrogens is 410 g/mol. The molecule has 1 amide bonds. The average Bonchev–Trinajstić information content (AvgIpc) is 3.20. The Labute approximate surface area is 176 Å². The molecule has 0 saturated carbocycles. The van der Waals surface area contributed by atoms with Crippen LogP contribution in [0.25, 0.3) is 10.8 Å². The van der Waals surface area contributed by atoms with E-state index >= 15 is 0 Å². The average molecular weight is 426 g/mol. The zero-order valence-corrected chi connectivity index (χ0v) is 16.7. The molecule has 4 rings (SSSR count). The molecule has 0 aliphatic heterocycles. The van der Waals surface area contributed by atoms with Gasteiger partial charge in [0.1, 0.15) is 5.75 Å². The van der Waals surface area contributed by atoms with Gasteiger partial charge in [0.05, 0.1) is 5.75 Å². The molecule has 0 unspecified atom stereocenters. The van der Waals surface area contributed by atoms with Gasteiger partial charge in [-0.25, -0.2) is 0 Å². The normalized spacial score (nSPS) is 10.8. The van der Waals surface area contributed by atoms with E-state index in [1.165, 1.54) is 11.8 Å². The van der Waals surface area contributed by atoms with E-state index in [4.69, 9.17) is 20.8 Å². The molecule has 6 nitrogen and oxygen atoms in total. The molecule has 0 radical (unpaired) electrons. The Morgan fingerprint density at radius 1 is 1.03 bits per heavy atom. The number of rotatable bonds is 7. The van der Waals surface area contributed by atoms with Crippen LogP contribution in [-0.4, -0.2) is 21.9 Å². The van der Waals surface area contributed by atoms with Crippen LogP contribution < -0.4 is 10.1 Å². The summed E-state index contributed by atoms with van der Waals surface area (Å²) in [6, 6.07) is 20.7. The number of anilines is 1. The molecule has 0 bridgehead atoms. The van der Waals surface area contributed by atoms with E-state index in [2.05, 4.69) is 15.5 Å². The number of halogens is 1. The van der Waals surface area contributed by atoms with E-state index in [-0.39, 0.29) is 18.3 Å². The zero-order valence-electron chi connectivity index (χ0n) is 15.2. The molecule has 0 aliphatic rings. The highest BCUT2D eigenvalue weighted by molar-refractivity contribution is 7.99. The fraction of sp³-hybridized carbons (Fsp3) is 0.0952. The summed E-state index contributed by atoms with van der Waals surface area (Å²) >= 11 is 7.01. The van der Waals surface area contributed by atoms with E-state index in [1.54, 1.807) is 24.3 Å². The van der Waals surface area contributed by atoms with Crippen LogP contribution in [0.4, 0.5) is 5.69 Å². The second-order valence-electron chi connectivity index (χ2n) is 6.07. The molecule has 29 heavy (non-hydrogen) atoms. The van der Waals surface area contributed by atoms with Gasteiger partial charge >= 0.3 is 0 Å². The van der Waals surface area contributed by atoms with E-state index < -0.39 is 0 Å². The monoisotopic (exact) mass is 425 g/mol. The molecule has 0 fully saturated rings. The summed E-state index contributed by atoms with van der Waals surface area (Å²) < 4.78 is 11.1. The van der Waals surface area contributed by atoms with Gasteiger partial charge in [0.25, 0.3) is 11.1 Å². The number of hydrogen-bond donors (Lipinski definition) is 1. The fourth-order valence-electron chi connectivity index (χ4n) is 2.68. The topological polar surface area (TPSA) is 77.2 Å². The number of thioether (sulfide) groups is 1. The quantitative estimate of drug-likeness (QED) is 0.411. The number of ether oxygens (including phenoxy) is 1. The maximum Gasteiger partial charge on any atom is 0.277 e. The first-order valence-corrected chi connectivity index (χ1v) is 10.1. The minimum atomic E-state index is -0.150. The highest BCUT2D eigenvalue weighted by Gasteiger charge is 2.11. The van der Waals surface area contributed by atoms with Gasteiger partial charge in [-0.1, -0.05) is 59.8 Å². The third-order valence-corrected chi connectivity index (χ3v) is 5.09. The molecule has 0 spiro atoms. The van der Waals surface area contributed by atoms with Gasteiger partial charge in [-0.05, 0) is 35.7 Å². The summed E-state index contributed by atoms with van der Waals surface area (Å²) in [6.45, 7) is 0.136. The van der Waals surface area contributed by atoms with E-state index in [0.717, 1.165) is 16.5 Å². The van der Waals surface area contributed by atoms with Crippen molar-refractivity contribution in [1.82, 2.24) is 10.2 Å². The van der Waals surface area contributed by atoms with E-state index in [1.807, 2.05) is 42.5 Å². The summed E-state index contributed by atoms with van der Waals surface area (Å²) in [5.41, 5.74) is 0.774. The fourth-order valence-corrected chi connectivity index (χ4v) is 3.39. The predicted octanol–water partition coefficient (Wildman–Crippen LogP) is 5.19. The second-order valence-corrected chi connectivity index (χ2v) is 7.43. The van der Waals surface area contributed by atoms with Crippen LogP contribution in [0.5, 0.6) is 5.75 Å². The lowest BCUT2D eigenvalue weighted by Crippen LogP contribution is -2.14. The minimum Gasteiger partial charge on any atom is -0.484 e. The van der Waals surface area contributed by atoms with Crippen molar-refractivity contribution in [1.29, 1.82) is 0 Å². The second kappa shape index (κ2) is 8.98. The zero-order chi connectivity index (χ0) is 20.1. The maximum absolute atomic E-state index is 12.3. The first-order valence-electron chi connectivity index (χ1n) is 8.78. The van der Waals surface area contributed by atoms with Gasteiger partial charge in [0.2, 0.25) is 5.91 Å². The summed E-state index contributed by atoms with van der Waals surface area (Å²) in [7, 11) is 0. The van der Waals surface area contributed by atoms with Crippen LogP contribution in [0.3, 0.4) is 0 Å². The van der Waals surface area contributed by atoms with Crippen molar-refractivity contribution < 1.29 is 13.9 Å². The highest BCUT2D eigenvalue weighted by Crippen LogP contribution is 2.24. The Hall–Kier alpha value is -3.03. The van der Waals surface area contributed by atoms with Gasteiger partial charge in [0.15, 0.2) is 6.61 Å². The molecule has 8 heteroatoms. The number of hydrogen-bond acceptors (Lipinski definition) is 6. The van der Waals surface area contributed by atoms with Crippen molar-refractivity contribution in [3.05, 3.63) is 77.6 Å². The van der Waals surface area contributed by atoms with Gasteiger partial charge in [0, 0.05) is 16.1 Å². The summed E-state index contributed by atoms with van der Waals surface area (Å²) in [5.74, 6) is 0.986. The molecule has 3 aromatic carbocycles. The molecular formula is C21H16ClN3O3S. The maximum atomic E-state index is 12.3. The van der Waals surface area contributed by atoms with E-state index in [9.17, 15) is 4.79 Å². The van der Waals surface area contributed by atoms with Crippen molar-refractivity contribution >= 4 is 45.7 Å². The molecule has 1 heterocycles. The van der Waals surface area contributed by atoms with Crippen molar-refractivity contribution in [2.24, 2.45) is 0 Å². The summed E-state index contributed by atoms with van der Waals surface area (Å²) in [5, 5.41) is 13.8. The lowest BCUT2D eigenvalue weighted by Gasteiger charge is -2.07. The number of amides is 1. The Morgan fingerprint density at radius 3 is 2.69 bits per heavy atom. The Bertz CT molecular complexity index is 1130. The van der Waals surface area contributed by atoms with Crippen LogP contribution in [0.2, 0.25) is 5.02 Å². The molecule has 4 aromatic rings. The van der Waals surface area contributed by atoms with Crippen LogP contribution in [0, 0.1) is 0 Å². The first kappa shape index (κ1) is 19.3. The smallest absolute Gasteiger partial charge is 0.277 e. The molecule has 0 aliphatic carbocycles. The number of carbonyl (C=O) groups excluding carboxylic acids is 1. The van der Waals surface area contributed by atoms with E-state index in [0.29, 0.717) is 21.9 Å². The van der Waals surface area contributed by atoms with Gasteiger partial charge in [-0.2, -0.15) is 0 Å². The van der Waals surface area contributed by atoms with Crippen molar-refractivity contribution in [2.45, 2.75) is 11.8 Å². The number of fused-ring (bicyclic) bond motifs is 1. The van der Waals surface area contributed by atoms with Crippen LogP contribution in [0.15, 0.2) is 76.4 Å². The predicted molar refractivity (Wildman–Crippen MR) is 113 cm³/mol. The number of nitrogens with one attached hydrogen (secondary N) is 1. The third kappa shape index (κ3) is 5.07. The molecule has 146 valence electrons. The van der Waals surface area contributed by atoms with Crippen molar-refractivity contribution in [3.63, 3.8) is 0 Å². The summed E-state index contributed by atoms with van der Waals surface area (Å²) in [6.07, 6.45) is 0. The Kier molecular flexibility index (Phi) is 5.97. The number of carbonyl (C=O) groups is 1. The number of nitrogens with zero attached hydrogens (tertiary/aromatic N) is 2. The third-order valence-electron chi connectivity index (χ3n) is 4.01. The van der Waals surface area contributed by atoms with Crippen LogP contribution >= 0.6 is 23.4 Å². The molecule has 1 aromatic heterocycles. The lowest BCUT2D eigenvalue weighted by molar-refractivity contribution is -0.113. The van der Waals surface area contributed by atoms with Gasteiger partial charge < -0.3 is 14.5 Å². The van der Waals surface area contributed by atoms with Gasteiger partial charge in [-0.3, -0.25) is 4.79 Å². The molecule has 0 saturated heterocycles. The molecule has 1 N–H and O–H groups in total. The minimum absolute atomic E-state index is 0.136. The van der Waals surface area contributed by atoms with Crippen molar-refractivity contribution in [2.75, 3.05) is 11.1 Å². The summed E-state index contributed by atoms with van der Waals surface area (Å²) in [4.78, 5) is 12.3. The van der Waals surface area contributed by atoms with Crippen molar-refractivity contribution in [3.8, 4) is 5.75 Å². The van der Waals surface area contributed by atoms with Crippen LogP contribution in [0.1, 0.15) is 5.89 Å². The van der Waals surface area contributed by atoms with Crippen LogP contribution in [-0.2, 0) is 11.4 Å². The first-order chi connectivity index (χ1) is 14.2. The Balaban J connectivity index is 1.30. The highest BCUT2D eigenvalue weighted by atomic mass is 35.5. The van der Waals surface area contributed by atoms with Gasteiger partial charge in [-0.15, -0.1) is 10.2 Å². The largest absolute Gasteiger partial charge is 0.484 e. The number of aromatic nitrogens is 2. The lowest BCUT2D eigenvalue weighted by atomic mass is 10.1. The SMILES string of the molecule is O=C(CSc1nnc(COc2ccc(Cl)cc2)o1)Nc1cccc2ccccc12. The Morgan fingerprint density at radius 2 is 1.83 bits per heavy atom. The standard InChI is InChI=1S/C21H16ClN3O3S/c22-15-8-10-16(11-9-15)27-12-20-24-25-21(28-20)29-13-19(26)23-18-7-3-5-14-4-1-2-6-17(14)18/h1-11H,12-13H2,(H,23,26). The molecule has 0 atom stereocenters. The number of benzene rings is 3.